The average molecular weight is 130 g/mol. The number of hydrogen-bond donors (Lipinski definition) is 1. The first-order valence-electron chi connectivity index (χ1n) is 3.09. The normalized spacial score (nSPS) is 26.8. The topological polar surface area (TPSA) is 52.9 Å². The molecule has 9 heavy (non-hydrogen) atoms. The zero-order valence-corrected chi connectivity index (χ0v) is 5.16. The first-order valence-corrected chi connectivity index (χ1v) is 3.09. The second-order valence-corrected chi connectivity index (χ2v) is 2.22. The number of rotatable bonds is 2. The molecule has 0 aromatic rings. The molecule has 1 fully saturated rings. The fraction of sp³-hybridized carbons (Fsp3) is 1.00. The van der Waals surface area contributed by atoms with Crippen molar-refractivity contribution in [1.82, 2.24) is 5.01 Å². The molecule has 4 nitrogen and oxygen atoms in total. The lowest BCUT2D eigenvalue weighted by Crippen LogP contribution is -2.26. The summed E-state index contributed by atoms with van der Waals surface area (Å²) in [4.78, 5) is 9.94. The molecule has 0 amide bonds. The van der Waals surface area contributed by atoms with E-state index in [0.717, 1.165) is 12.8 Å². The predicted molar refractivity (Wildman–Crippen MR) is 32.6 cm³/mol. The van der Waals surface area contributed by atoms with Gasteiger partial charge in [0.15, 0.2) is 0 Å². The molecule has 0 aliphatic carbocycles. The summed E-state index contributed by atoms with van der Waals surface area (Å²) in [7, 11) is 0. The third-order valence-corrected chi connectivity index (χ3v) is 1.66. The van der Waals surface area contributed by atoms with Gasteiger partial charge in [0.2, 0.25) is 0 Å². The van der Waals surface area contributed by atoms with Crippen molar-refractivity contribution >= 4 is 0 Å². The molecule has 0 bridgehead atoms. The molecule has 1 saturated heterocycles. The monoisotopic (exact) mass is 130 g/mol. The summed E-state index contributed by atoms with van der Waals surface area (Å²) in [5.74, 6) is 0. The van der Waals surface area contributed by atoms with E-state index in [1.54, 1.807) is 0 Å². The fourth-order valence-electron chi connectivity index (χ4n) is 1.11. The van der Waals surface area contributed by atoms with E-state index in [9.17, 15) is 4.91 Å². The van der Waals surface area contributed by atoms with Crippen molar-refractivity contribution in [1.29, 1.82) is 0 Å². The first-order chi connectivity index (χ1) is 4.38. The van der Waals surface area contributed by atoms with E-state index in [4.69, 9.17) is 5.11 Å². The van der Waals surface area contributed by atoms with Gasteiger partial charge in [0.1, 0.15) is 0 Å². The quantitative estimate of drug-likeness (QED) is 0.540. The van der Waals surface area contributed by atoms with Crippen LogP contribution < -0.4 is 0 Å². The Morgan fingerprint density at radius 1 is 1.78 bits per heavy atom. The van der Waals surface area contributed by atoms with Gasteiger partial charge in [-0.1, -0.05) is 0 Å². The van der Waals surface area contributed by atoms with Gasteiger partial charge in [-0.25, -0.2) is 0 Å². The Bertz CT molecular complexity index is 107. The second kappa shape index (κ2) is 2.77. The summed E-state index contributed by atoms with van der Waals surface area (Å²) in [6, 6.07) is -0.0116. The van der Waals surface area contributed by atoms with Gasteiger partial charge in [0.05, 0.1) is 17.9 Å². The van der Waals surface area contributed by atoms with Gasteiger partial charge in [0, 0.05) is 6.54 Å². The third kappa shape index (κ3) is 1.18. The van der Waals surface area contributed by atoms with Gasteiger partial charge < -0.3 is 5.11 Å². The van der Waals surface area contributed by atoms with Crippen LogP contribution in [0.15, 0.2) is 5.29 Å². The minimum atomic E-state index is -0.0116. The Morgan fingerprint density at radius 2 is 2.56 bits per heavy atom. The largest absolute Gasteiger partial charge is 0.394 e. The number of hydrogen-bond acceptors (Lipinski definition) is 3. The number of aliphatic hydroxyl groups is 1. The molecule has 4 heteroatoms. The van der Waals surface area contributed by atoms with E-state index < -0.39 is 0 Å². The van der Waals surface area contributed by atoms with E-state index in [-0.39, 0.29) is 12.6 Å². The molecule has 52 valence electrons. The van der Waals surface area contributed by atoms with Crippen LogP contribution in [0, 0.1) is 4.91 Å². The van der Waals surface area contributed by atoms with Gasteiger partial charge in [-0.15, -0.1) is 4.91 Å². The maximum atomic E-state index is 9.94. The Morgan fingerprint density at radius 3 is 3.00 bits per heavy atom. The molecule has 1 aliphatic heterocycles. The van der Waals surface area contributed by atoms with Crippen LogP contribution >= 0.6 is 0 Å². The van der Waals surface area contributed by atoms with Crippen molar-refractivity contribution in [2.24, 2.45) is 5.29 Å². The van der Waals surface area contributed by atoms with Crippen LogP contribution in [0.2, 0.25) is 0 Å². The molecule has 0 spiro atoms. The molecule has 1 N–H and O–H groups in total. The highest BCUT2D eigenvalue weighted by molar-refractivity contribution is 4.74. The molecule has 0 aromatic carbocycles. The third-order valence-electron chi connectivity index (χ3n) is 1.66. The molecular formula is C5H10N2O2. The molecule has 1 rings (SSSR count). The van der Waals surface area contributed by atoms with Crippen LogP contribution in [0.4, 0.5) is 0 Å². The lowest BCUT2D eigenvalue weighted by atomic mass is 10.2. The Balaban J connectivity index is 2.41. The van der Waals surface area contributed by atoms with Crippen LogP contribution in [0.3, 0.4) is 0 Å². The van der Waals surface area contributed by atoms with Crippen LogP contribution in [-0.4, -0.2) is 29.3 Å². The summed E-state index contributed by atoms with van der Waals surface area (Å²) >= 11 is 0. The Hall–Kier alpha value is -0.640. The Labute approximate surface area is 53.4 Å². The van der Waals surface area contributed by atoms with Gasteiger partial charge in [-0.2, -0.15) is 0 Å². The van der Waals surface area contributed by atoms with E-state index in [2.05, 4.69) is 5.29 Å². The molecule has 1 atom stereocenters. The van der Waals surface area contributed by atoms with Gasteiger partial charge >= 0.3 is 0 Å². The highest BCUT2D eigenvalue weighted by Crippen LogP contribution is 2.15. The fourth-order valence-corrected chi connectivity index (χ4v) is 1.11. The van der Waals surface area contributed by atoms with Crippen molar-refractivity contribution in [3.8, 4) is 0 Å². The minimum Gasteiger partial charge on any atom is -0.394 e. The standard InChI is InChI=1S/C5H10N2O2/c8-4-5-2-1-3-7(5)6-9/h5,8H,1-4H2/t5-/m1/s1. The van der Waals surface area contributed by atoms with Crippen molar-refractivity contribution in [3.63, 3.8) is 0 Å². The maximum Gasteiger partial charge on any atom is 0.0734 e. The van der Waals surface area contributed by atoms with Gasteiger partial charge in [0.25, 0.3) is 0 Å². The van der Waals surface area contributed by atoms with E-state index in [1.807, 2.05) is 0 Å². The van der Waals surface area contributed by atoms with Crippen LogP contribution in [0.5, 0.6) is 0 Å². The van der Waals surface area contributed by atoms with Crippen LogP contribution in [0.1, 0.15) is 12.8 Å². The zero-order valence-electron chi connectivity index (χ0n) is 5.16. The second-order valence-electron chi connectivity index (χ2n) is 2.22. The van der Waals surface area contributed by atoms with Gasteiger partial charge in [-0.05, 0) is 12.8 Å². The summed E-state index contributed by atoms with van der Waals surface area (Å²) in [6.07, 6.45) is 1.86. The summed E-state index contributed by atoms with van der Waals surface area (Å²) in [6.45, 7) is 0.750. The highest BCUT2D eigenvalue weighted by Gasteiger charge is 2.22. The van der Waals surface area contributed by atoms with Gasteiger partial charge in [-0.3, -0.25) is 5.01 Å². The highest BCUT2D eigenvalue weighted by atomic mass is 16.3. The molecule has 0 saturated carbocycles. The molecule has 0 radical (unpaired) electrons. The average Bonchev–Trinajstić information content (AvgIpc) is 2.33. The SMILES string of the molecule is O=NN1CCC[C@@H]1CO. The smallest absolute Gasteiger partial charge is 0.0734 e. The van der Waals surface area contributed by atoms with Crippen LogP contribution in [0.25, 0.3) is 0 Å². The van der Waals surface area contributed by atoms with E-state index in [1.165, 1.54) is 5.01 Å². The molecule has 1 aliphatic rings. The number of nitrogens with zero attached hydrogens (tertiary/aromatic N) is 2. The molecule has 0 aromatic heterocycles. The van der Waals surface area contributed by atoms with Crippen LogP contribution in [-0.2, 0) is 0 Å². The van der Waals surface area contributed by atoms with Crippen molar-refractivity contribution in [2.45, 2.75) is 18.9 Å². The number of nitroso groups, excluding NO2 is 1. The van der Waals surface area contributed by atoms with E-state index >= 15 is 0 Å². The maximum absolute atomic E-state index is 9.94. The molecular weight excluding hydrogens is 120 g/mol. The summed E-state index contributed by atoms with van der Waals surface area (Å²) < 4.78 is 0. The predicted octanol–water partition coefficient (Wildman–Crippen LogP) is 0.125. The van der Waals surface area contributed by atoms with E-state index in [0.29, 0.717) is 6.54 Å². The first kappa shape index (κ1) is 6.48. The van der Waals surface area contributed by atoms with Crippen molar-refractivity contribution in [2.75, 3.05) is 13.2 Å². The van der Waals surface area contributed by atoms with Crippen molar-refractivity contribution < 1.29 is 5.11 Å². The lowest BCUT2D eigenvalue weighted by molar-refractivity contribution is 0.161. The Kier molecular flexibility index (Phi) is 2.00. The zero-order chi connectivity index (χ0) is 6.69. The van der Waals surface area contributed by atoms with Crippen molar-refractivity contribution in [3.05, 3.63) is 4.91 Å². The summed E-state index contributed by atoms with van der Waals surface area (Å²) in [5, 5.41) is 12.8. The molecule has 0 unspecified atom stereocenters. The molecule has 1 heterocycles. The minimum absolute atomic E-state index is 0.0116. The number of aliphatic hydroxyl groups excluding tert-OH is 1. The summed E-state index contributed by atoms with van der Waals surface area (Å²) in [5.41, 5.74) is 0. The lowest BCUT2D eigenvalue weighted by Gasteiger charge is -2.13.